The predicted molar refractivity (Wildman–Crippen MR) is 86.6 cm³/mol. The Morgan fingerprint density at radius 3 is 2.74 bits per heavy atom. The summed E-state index contributed by atoms with van der Waals surface area (Å²) in [4.78, 5) is 24.6. The van der Waals surface area contributed by atoms with Crippen LogP contribution < -0.4 is 10.6 Å². The Morgan fingerprint density at radius 1 is 1.30 bits per heavy atom. The molecule has 0 bridgehead atoms. The van der Waals surface area contributed by atoms with Gasteiger partial charge in [0.1, 0.15) is 5.82 Å². The number of benzene rings is 1. The van der Waals surface area contributed by atoms with E-state index in [0.29, 0.717) is 11.3 Å². The monoisotopic (exact) mass is 330 g/mol. The molecule has 1 aromatic heterocycles. The second kappa shape index (κ2) is 6.75. The zero-order chi connectivity index (χ0) is 16.2. The van der Waals surface area contributed by atoms with Crippen molar-refractivity contribution in [2.24, 2.45) is 0 Å². The summed E-state index contributed by atoms with van der Waals surface area (Å²) in [6.45, 7) is 0. The van der Waals surface area contributed by atoms with Crippen molar-refractivity contribution in [3.8, 4) is 0 Å². The van der Waals surface area contributed by atoms with E-state index in [1.54, 1.807) is 30.3 Å². The van der Waals surface area contributed by atoms with Gasteiger partial charge in [0.25, 0.3) is 5.91 Å². The third-order valence-corrected chi connectivity index (χ3v) is 4.52. The number of amides is 2. The number of rotatable bonds is 4. The van der Waals surface area contributed by atoms with Crippen LogP contribution in [0.4, 0.5) is 4.39 Å². The minimum Gasteiger partial charge on any atom is -0.347 e. The largest absolute Gasteiger partial charge is 0.347 e. The maximum Gasteiger partial charge on any atom is 0.261 e. The summed E-state index contributed by atoms with van der Waals surface area (Å²) < 4.78 is 13.2. The van der Waals surface area contributed by atoms with Gasteiger partial charge in [-0.2, -0.15) is 0 Å². The first-order valence-electron chi connectivity index (χ1n) is 7.20. The molecule has 2 amide bonds. The first-order valence-corrected chi connectivity index (χ1v) is 8.08. The minimum absolute atomic E-state index is 0.196. The second-order valence-electron chi connectivity index (χ2n) is 5.23. The topological polar surface area (TPSA) is 58.2 Å². The van der Waals surface area contributed by atoms with E-state index in [-0.39, 0.29) is 23.7 Å². The van der Waals surface area contributed by atoms with Crippen LogP contribution in [0, 0.1) is 5.82 Å². The Kier molecular flexibility index (Phi) is 4.52. The smallest absolute Gasteiger partial charge is 0.261 e. The molecule has 0 unspecified atom stereocenters. The normalized spacial score (nSPS) is 18.3. The molecule has 6 heteroatoms. The molecule has 0 radical (unpaired) electrons. The molecule has 0 saturated heterocycles. The number of nitrogens with one attached hydrogen (secondary N) is 2. The van der Waals surface area contributed by atoms with Gasteiger partial charge in [0.05, 0.1) is 17.0 Å². The molecule has 1 aliphatic heterocycles. The number of carbonyl (C=O) groups is 2. The van der Waals surface area contributed by atoms with Crippen LogP contribution in [-0.4, -0.2) is 17.9 Å². The van der Waals surface area contributed by atoms with Crippen LogP contribution in [0.1, 0.15) is 27.7 Å². The molecule has 1 aromatic carbocycles. The van der Waals surface area contributed by atoms with Crippen molar-refractivity contribution in [1.29, 1.82) is 0 Å². The van der Waals surface area contributed by atoms with Gasteiger partial charge in [-0.05, 0) is 41.6 Å². The van der Waals surface area contributed by atoms with Gasteiger partial charge in [-0.1, -0.05) is 24.3 Å². The van der Waals surface area contributed by atoms with E-state index >= 15 is 0 Å². The van der Waals surface area contributed by atoms with Crippen molar-refractivity contribution >= 4 is 23.2 Å². The average molecular weight is 330 g/mol. The van der Waals surface area contributed by atoms with Gasteiger partial charge in [-0.3, -0.25) is 9.59 Å². The first kappa shape index (κ1) is 15.4. The number of halogens is 1. The lowest BCUT2D eigenvalue weighted by molar-refractivity contribution is -0.117. The molecule has 0 saturated carbocycles. The van der Waals surface area contributed by atoms with Gasteiger partial charge in [-0.15, -0.1) is 11.3 Å². The number of thiophene rings is 1. The highest BCUT2D eigenvalue weighted by molar-refractivity contribution is 7.12. The van der Waals surface area contributed by atoms with Crippen molar-refractivity contribution < 1.29 is 14.0 Å². The number of carbonyl (C=O) groups excluding carboxylic acids is 2. The zero-order valence-corrected chi connectivity index (χ0v) is 13.0. The molecule has 3 rings (SSSR count). The molecular formula is C17H15FN2O2S. The number of hydrogen-bond acceptors (Lipinski definition) is 3. The highest BCUT2D eigenvalue weighted by Gasteiger charge is 2.27. The SMILES string of the molecule is O=C1C=CC[C@@H]([C@@H](NC(=O)c2cccs2)c2ccc(F)cc2)N1. The van der Waals surface area contributed by atoms with E-state index in [1.165, 1.54) is 29.5 Å². The lowest BCUT2D eigenvalue weighted by Gasteiger charge is -2.30. The summed E-state index contributed by atoms with van der Waals surface area (Å²) in [7, 11) is 0. The fraction of sp³-hybridized carbons (Fsp3) is 0.176. The molecule has 23 heavy (non-hydrogen) atoms. The highest BCUT2D eigenvalue weighted by atomic mass is 32.1. The lowest BCUT2D eigenvalue weighted by Crippen LogP contribution is -2.47. The molecule has 0 aliphatic carbocycles. The van der Waals surface area contributed by atoms with Crippen LogP contribution in [0.5, 0.6) is 0 Å². The Hall–Kier alpha value is -2.47. The Morgan fingerprint density at radius 2 is 2.09 bits per heavy atom. The van der Waals surface area contributed by atoms with Crippen molar-refractivity contribution in [1.82, 2.24) is 10.6 Å². The zero-order valence-electron chi connectivity index (χ0n) is 12.2. The van der Waals surface area contributed by atoms with Crippen molar-refractivity contribution in [2.75, 3.05) is 0 Å². The van der Waals surface area contributed by atoms with Gasteiger partial charge in [0.15, 0.2) is 0 Å². The summed E-state index contributed by atoms with van der Waals surface area (Å²) in [5.41, 5.74) is 0.747. The fourth-order valence-corrected chi connectivity index (χ4v) is 3.16. The Bertz CT molecular complexity index is 726. The van der Waals surface area contributed by atoms with Crippen molar-refractivity contribution in [3.05, 3.63) is 70.2 Å². The van der Waals surface area contributed by atoms with Gasteiger partial charge in [0, 0.05) is 0 Å². The van der Waals surface area contributed by atoms with Crippen LogP contribution in [0.25, 0.3) is 0 Å². The van der Waals surface area contributed by atoms with Crippen LogP contribution in [0.15, 0.2) is 53.9 Å². The molecule has 0 fully saturated rings. The van der Waals surface area contributed by atoms with Gasteiger partial charge >= 0.3 is 0 Å². The molecule has 4 nitrogen and oxygen atoms in total. The third kappa shape index (κ3) is 3.65. The van der Waals surface area contributed by atoms with E-state index in [1.807, 2.05) is 5.38 Å². The van der Waals surface area contributed by atoms with Crippen LogP contribution in [0.2, 0.25) is 0 Å². The molecule has 0 spiro atoms. The van der Waals surface area contributed by atoms with Crippen molar-refractivity contribution in [2.45, 2.75) is 18.5 Å². The summed E-state index contributed by atoms with van der Waals surface area (Å²) in [6, 6.07) is 8.78. The summed E-state index contributed by atoms with van der Waals surface area (Å²) >= 11 is 1.34. The lowest BCUT2D eigenvalue weighted by atomic mass is 9.94. The molecule has 2 atom stereocenters. The first-order chi connectivity index (χ1) is 11.1. The van der Waals surface area contributed by atoms with Gasteiger partial charge in [-0.25, -0.2) is 4.39 Å². The van der Waals surface area contributed by atoms with E-state index in [9.17, 15) is 14.0 Å². The summed E-state index contributed by atoms with van der Waals surface area (Å²) in [5, 5.41) is 7.62. The van der Waals surface area contributed by atoms with Crippen molar-refractivity contribution in [3.63, 3.8) is 0 Å². The second-order valence-corrected chi connectivity index (χ2v) is 6.18. The standard InChI is InChI=1S/C17H15FN2O2S/c18-12-8-6-11(7-9-12)16(13-3-1-5-15(21)19-13)20-17(22)14-4-2-10-23-14/h1-2,4-10,13,16H,3H2,(H,19,21)(H,20,22)/t13-,16-/m0/s1. The Balaban J connectivity index is 1.86. The summed E-state index contributed by atoms with van der Waals surface area (Å²) in [5.74, 6) is -0.749. The maximum absolute atomic E-state index is 13.2. The van der Waals surface area contributed by atoms with E-state index in [2.05, 4.69) is 10.6 Å². The van der Waals surface area contributed by atoms with Gasteiger partial charge in [0.2, 0.25) is 5.91 Å². The van der Waals surface area contributed by atoms with E-state index in [4.69, 9.17) is 0 Å². The average Bonchev–Trinajstić information content (AvgIpc) is 3.08. The maximum atomic E-state index is 13.2. The molecule has 118 valence electrons. The molecule has 2 heterocycles. The molecule has 2 aromatic rings. The van der Waals surface area contributed by atoms with Crippen LogP contribution in [0.3, 0.4) is 0 Å². The predicted octanol–water partition coefficient (Wildman–Crippen LogP) is 2.80. The van der Waals surface area contributed by atoms with Gasteiger partial charge < -0.3 is 10.6 Å². The number of hydrogen-bond donors (Lipinski definition) is 2. The molecule has 1 aliphatic rings. The highest BCUT2D eigenvalue weighted by Crippen LogP contribution is 2.23. The minimum atomic E-state index is -0.431. The quantitative estimate of drug-likeness (QED) is 0.906. The van der Waals surface area contributed by atoms with Crippen LogP contribution in [-0.2, 0) is 4.79 Å². The van der Waals surface area contributed by atoms with Crippen LogP contribution >= 0.6 is 11.3 Å². The van der Waals surface area contributed by atoms with E-state index in [0.717, 1.165) is 5.56 Å². The van der Waals surface area contributed by atoms with E-state index < -0.39 is 6.04 Å². The Labute approximate surface area is 137 Å². The fourth-order valence-electron chi connectivity index (χ4n) is 2.54. The third-order valence-electron chi connectivity index (χ3n) is 3.65. The molecule has 2 N–H and O–H groups in total. The molecular weight excluding hydrogens is 315 g/mol. The summed E-state index contributed by atoms with van der Waals surface area (Å²) in [6.07, 6.45) is 3.84.